The third kappa shape index (κ3) is 4.83. The van der Waals surface area contributed by atoms with E-state index in [1.54, 1.807) is 0 Å². The Morgan fingerprint density at radius 2 is 1.56 bits per heavy atom. The Labute approximate surface area is 150 Å². The molecule has 25 heavy (non-hydrogen) atoms. The predicted octanol–water partition coefficient (Wildman–Crippen LogP) is 6.24. The van der Waals surface area contributed by atoms with Crippen LogP contribution in [0.4, 0.5) is 10.5 Å². The highest BCUT2D eigenvalue weighted by molar-refractivity contribution is 5.85. The molecule has 0 aliphatic heterocycles. The molecular weight excluding hydrogens is 310 g/mol. The lowest BCUT2D eigenvalue weighted by atomic mass is 9.94. The van der Waals surface area contributed by atoms with Crippen LogP contribution < -0.4 is 5.32 Å². The van der Waals surface area contributed by atoms with E-state index in [9.17, 15) is 4.79 Å². The van der Waals surface area contributed by atoms with E-state index in [4.69, 9.17) is 4.74 Å². The van der Waals surface area contributed by atoms with Gasteiger partial charge < -0.3 is 4.74 Å². The van der Waals surface area contributed by atoms with E-state index >= 15 is 0 Å². The molecule has 130 valence electrons. The number of carbonyl (C=O) groups excluding carboxylic acids is 1. The van der Waals surface area contributed by atoms with E-state index < -0.39 is 11.7 Å². The van der Waals surface area contributed by atoms with Crippen molar-refractivity contribution < 1.29 is 9.53 Å². The zero-order chi connectivity index (χ0) is 18.6. The van der Waals surface area contributed by atoms with Crippen LogP contribution in [0.1, 0.15) is 44.4 Å². The Balaban J connectivity index is 2.09. The molecule has 0 radical (unpaired) electrons. The molecule has 0 aromatic heterocycles. The molecule has 0 fully saturated rings. The van der Waals surface area contributed by atoms with Gasteiger partial charge in [-0.3, -0.25) is 5.32 Å². The Kier molecular flexibility index (Phi) is 5.48. The summed E-state index contributed by atoms with van der Waals surface area (Å²) in [6, 6.07) is 15.4. The van der Waals surface area contributed by atoms with Gasteiger partial charge in [-0.05, 0) is 62.6 Å². The molecule has 0 saturated carbocycles. The SMILES string of the molecule is C=C(C)c1ccc(NC(=O)OC(C)(C)c2cccc(C(=C)C)c2)cc1. The molecule has 0 heterocycles. The molecule has 0 aliphatic carbocycles. The van der Waals surface area contributed by atoms with Crippen molar-refractivity contribution in [1.29, 1.82) is 0 Å². The molecule has 2 aromatic carbocycles. The minimum absolute atomic E-state index is 0.492. The number of benzene rings is 2. The topological polar surface area (TPSA) is 38.3 Å². The van der Waals surface area contributed by atoms with Gasteiger partial charge in [0, 0.05) is 5.69 Å². The van der Waals surface area contributed by atoms with Gasteiger partial charge in [0.1, 0.15) is 5.60 Å². The molecule has 0 saturated heterocycles. The van der Waals surface area contributed by atoms with Gasteiger partial charge in [0.2, 0.25) is 0 Å². The van der Waals surface area contributed by atoms with Crippen molar-refractivity contribution in [2.45, 2.75) is 33.3 Å². The van der Waals surface area contributed by atoms with Crippen LogP contribution in [-0.2, 0) is 10.3 Å². The zero-order valence-electron chi connectivity index (χ0n) is 15.3. The quantitative estimate of drug-likeness (QED) is 0.702. The molecule has 0 aliphatic rings. The fraction of sp³-hybridized carbons (Fsp3) is 0.227. The van der Waals surface area contributed by atoms with Gasteiger partial charge in [0.25, 0.3) is 0 Å². The summed E-state index contributed by atoms with van der Waals surface area (Å²) in [5.41, 5.74) is 4.86. The average Bonchev–Trinajstić information content (AvgIpc) is 2.54. The average molecular weight is 335 g/mol. The highest BCUT2D eigenvalue weighted by Crippen LogP contribution is 2.27. The predicted molar refractivity (Wildman–Crippen MR) is 105 cm³/mol. The molecule has 0 spiro atoms. The van der Waals surface area contributed by atoms with E-state index in [2.05, 4.69) is 18.5 Å². The van der Waals surface area contributed by atoms with Crippen LogP contribution in [0.3, 0.4) is 0 Å². The van der Waals surface area contributed by atoms with Gasteiger partial charge in [0.05, 0.1) is 0 Å². The van der Waals surface area contributed by atoms with Crippen molar-refractivity contribution in [2.75, 3.05) is 5.32 Å². The fourth-order valence-electron chi connectivity index (χ4n) is 2.43. The van der Waals surface area contributed by atoms with Crippen molar-refractivity contribution >= 4 is 22.9 Å². The van der Waals surface area contributed by atoms with Crippen molar-refractivity contribution in [1.82, 2.24) is 0 Å². The first-order chi connectivity index (χ1) is 11.7. The first kappa shape index (κ1) is 18.5. The molecule has 2 aromatic rings. The largest absolute Gasteiger partial charge is 0.438 e. The second kappa shape index (κ2) is 7.39. The molecular formula is C22H25NO2. The van der Waals surface area contributed by atoms with E-state index in [1.165, 1.54) is 0 Å². The number of hydrogen-bond acceptors (Lipinski definition) is 2. The number of carbonyl (C=O) groups is 1. The summed E-state index contributed by atoms with van der Waals surface area (Å²) >= 11 is 0. The van der Waals surface area contributed by atoms with Crippen LogP contribution in [0.25, 0.3) is 11.1 Å². The summed E-state index contributed by atoms with van der Waals surface area (Å²) in [6.45, 7) is 15.5. The van der Waals surface area contributed by atoms with Gasteiger partial charge in [-0.1, -0.05) is 54.6 Å². The Morgan fingerprint density at radius 1 is 0.960 bits per heavy atom. The minimum atomic E-state index is -0.757. The smallest absolute Gasteiger partial charge is 0.412 e. The minimum Gasteiger partial charge on any atom is -0.438 e. The monoisotopic (exact) mass is 335 g/mol. The lowest BCUT2D eigenvalue weighted by molar-refractivity contribution is 0.0466. The third-order valence-electron chi connectivity index (χ3n) is 4.02. The fourth-order valence-corrected chi connectivity index (χ4v) is 2.43. The van der Waals surface area contributed by atoms with Gasteiger partial charge in [-0.25, -0.2) is 4.79 Å². The number of allylic oxidation sites excluding steroid dienone is 2. The molecule has 0 bridgehead atoms. The number of ether oxygens (including phenoxy) is 1. The Hall–Kier alpha value is -2.81. The first-order valence-electron chi connectivity index (χ1n) is 8.21. The lowest BCUT2D eigenvalue weighted by Crippen LogP contribution is -2.28. The summed E-state index contributed by atoms with van der Waals surface area (Å²) in [5, 5.41) is 2.76. The molecule has 1 amide bonds. The number of nitrogens with one attached hydrogen (secondary N) is 1. The molecule has 2 rings (SSSR count). The lowest BCUT2D eigenvalue weighted by Gasteiger charge is -2.26. The van der Waals surface area contributed by atoms with Crippen LogP contribution in [0.2, 0.25) is 0 Å². The van der Waals surface area contributed by atoms with Crippen LogP contribution in [0.5, 0.6) is 0 Å². The summed E-state index contributed by atoms with van der Waals surface area (Å²) in [5.74, 6) is 0. The molecule has 0 unspecified atom stereocenters. The second-order valence-corrected chi connectivity index (χ2v) is 6.74. The van der Waals surface area contributed by atoms with Crippen LogP contribution >= 0.6 is 0 Å². The van der Waals surface area contributed by atoms with E-state index in [1.807, 2.05) is 76.2 Å². The number of amides is 1. The van der Waals surface area contributed by atoms with E-state index in [0.717, 1.165) is 27.8 Å². The van der Waals surface area contributed by atoms with Gasteiger partial charge in [0.15, 0.2) is 0 Å². The van der Waals surface area contributed by atoms with Crippen molar-refractivity contribution in [3.63, 3.8) is 0 Å². The second-order valence-electron chi connectivity index (χ2n) is 6.74. The Morgan fingerprint density at radius 3 is 2.12 bits per heavy atom. The van der Waals surface area contributed by atoms with Gasteiger partial charge in [-0.2, -0.15) is 0 Å². The van der Waals surface area contributed by atoms with Crippen LogP contribution in [-0.4, -0.2) is 6.09 Å². The van der Waals surface area contributed by atoms with Crippen LogP contribution in [0, 0.1) is 0 Å². The maximum absolute atomic E-state index is 12.3. The van der Waals surface area contributed by atoms with Gasteiger partial charge in [-0.15, -0.1) is 0 Å². The maximum atomic E-state index is 12.3. The summed E-state index contributed by atoms with van der Waals surface area (Å²) < 4.78 is 5.64. The summed E-state index contributed by atoms with van der Waals surface area (Å²) in [6.07, 6.45) is -0.492. The maximum Gasteiger partial charge on any atom is 0.412 e. The summed E-state index contributed by atoms with van der Waals surface area (Å²) in [4.78, 5) is 12.3. The normalized spacial score (nSPS) is 10.9. The standard InChI is InChI=1S/C22H25NO2/c1-15(2)17-10-12-20(13-11-17)23-21(24)25-22(5,6)19-9-7-8-18(14-19)16(3)4/h7-14H,1,3H2,2,4-6H3,(H,23,24). The molecule has 1 N–H and O–H groups in total. The van der Waals surface area contributed by atoms with E-state index in [-0.39, 0.29) is 0 Å². The third-order valence-corrected chi connectivity index (χ3v) is 4.02. The highest BCUT2D eigenvalue weighted by Gasteiger charge is 2.25. The molecule has 3 nitrogen and oxygen atoms in total. The van der Waals surface area contributed by atoms with Crippen molar-refractivity contribution in [3.05, 3.63) is 78.4 Å². The zero-order valence-corrected chi connectivity index (χ0v) is 15.3. The number of hydrogen-bond donors (Lipinski definition) is 1. The van der Waals surface area contributed by atoms with E-state index in [0.29, 0.717) is 5.69 Å². The van der Waals surface area contributed by atoms with Crippen LogP contribution in [0.15, 0.2) is 61.7 Å². The molecule has 3 heteroatoms. The molecule has 0 atom stereocenters. The van der Waals surface area contributed by atoms with Crippen molar-refractivity contribution in [3.8, 4) is 0 Å². The first-order valence-corrected chi connectivity index (χ1v) is 8.21. The number of rotatable bonds is 5. The highest BCUT2D eigenvalue weighted by atomic mass is 16.6. The Bertz CT molecular complexity index is 801. The van der Waals surface area contributed by atoms with Crippen molar-refractivity contribution in [2.24, 2.45) is 0 Å². The summed E-state index contributed by atoms with van der Waals surface area (Å²) in [7, 11) is 0. The number of anilines is 1. The van der Waals surface area contributed by atoms with Gasteiger partial charge >= 0.3 is 6.09 Å².